The summed E-state index contributed by atoms with van der Waals surface area (Å²) in [5, 5.41) is 15.7. The van der Waals surface area contributed by atoms with E-state index in [1.807, 2.05) is 6.07 Å². The zero-order valence-electron chi connectivity index (χ0n) is 14.1. The van der Waals surface area contributed by atoms with Gasteiger partial charge in [-0.3, -0.25) is 0 Å². The molecule has 0 aliphatic carbocycles. The molecule has 2 aromatic heterocycles. The molecule has 3 heterocycles. The number of pyridine rings is 1. The molecule has 2 aromatic rings. The lowest BCUT2D eigenvalue weighted by Crippen LogP contribution is -2.48. The van der Waals surface area contributed by atoms with Gasteiger partial charge in [-0.15, -0.1) is 0 Å². The fourth-order valence-corrected chi connectivity index (χ4v) is 2.81. The van der Waals surface area contributed by atoms with Gasteiger partial charge in [0, 0.05) is 38.4 Å². The van der Waals surface area contributed by atoms with Crippen LogP contribution < -0.4 is 10.2 Å². The first-order chi connectivity index (χ1) is 12.2. The summed E-state index contributed by atoms with van der Waals surface area (Å²) in [7, 11) is 1.74. The number of nitrogens with one attached hydrogen (secondary N) is 1. The average Bonchev–Trinajstić information content (AvgIpc) is 3.15. The summed E-state index contributed by atoms with van der Waals surface area (Å²) in [6.45, 7) is 2.05. The summed E-state index contributed by atoms with van der Waals surface area (Å²) in [5.41, 5.74) is 1.28. The van der Waals surface area contributed by atoms with Crippen LogP contribution in [0.1, 0.15) is 24.1 Å². The molecule has 0 unspecified atom stereocenters. The first-order valence-corrected chi connectivity index (χ1v) is 8.17. The molecule has 1 fully saturated rings. The molecule has 2 amide bonds. The summed E-state index contributed by atoms with van der Waals surface area (Å²) >= 11 is 0. The minimum atomic E-state index is -0.113. The number of hydrogen-bond donors (Lipinski definition) is 1. The number of hydrogen-bond acceptors (Lipinski definition) is 6. The molecule has 0 aromatic carbocycles. The van der Waals surface area contributed by atoms with Crippen molar-refractivity contribution in [2.24, 2.45) is 0 Å². The van der Waals surface area contributed by atoms with Gasteiger partial charge in [0.25, 0.3) is 0 Å². The van der Waals surface area contributed by atoms with Gasteiger partial charge in [-0.1, -0.05) is 5.16 Å². The minimum absolute atomic E-state index is 0.113. The van der Waals surface area contributed by atoms with Crippen molar-refractivity contribution < 1.29 is 9.32 Å². The highest BCUT2D eigenvalue weighted by molar-refractivity contribution is 5.74. The molecule has 0 bridgehead atoms. The van der Waals surface area contributed by atoms with Gasteiger partial charge in [-0.2, -0.15) is 5.26 Å². The molecule has 0 radical (unpaired) electrons. The molecule has 1 aliphatic rings. The van der Waals surface area contributed by atoms with E-state index >= 15 is 0 Å². The van der Waals surface area contributed by atoms with E-state index in [-0.39, 0.29) is 12.1 Å². The molecule has 1 saturated heterocycles. The van der Waals surface area contributed by atoms with Crippen molar-refractivity contribution >= 4 is 11.8 Å². The Labute approximate surface area is 146 Å². The van der Waals surface area contributed by atoms with Crippen LogP contribution >= 0.6 is 0 Å². The second-order valence-electron chi connectivity index (χ2n) is 6.07. The van der Waals surface area contributed by atoms with Crippen LogP contribution in [0, 0.1) is 11.3 Å². The van der Waals surface area contributed by atoms with Crippen LogP contribution in [0.15, 0.2) is 35.2 Å². The van der Waals surface area contributed by atoms with Gasteiger partial charge in [0.2, 0.25) is 0 Å². The highest BCUT2D eigenvalue weighted by atomic mass is 16.5. The lowest BCUT2D eigenvalue weighted by molar-refractivity contribution is 0.199. The normalized spacial score (nSPS) is 14.8. The summed E-state index contributed by atoms with van der Waals surface area (Å²) < 4.78 is 4.78. The second kappa shape index (κ2) is 7.66. The Morgan fingerprint density at radius 2 is 2.24 bits per heavy atom. The molecular formula is C17H20N6O2. The van der Waals surface area contributed by atoms with Gasteiger partial charge < -0.3 is 19.6 Å². The number of nitriles is 1. The van der Waals surface area contributed by atoms with Crippen LogP contribution in [0.4, 0.5) is 10.6 Å². The fraction of sp³-hybridized carbons (Fsp3) is 0.412. The molecule has 25 heavy (non-hydrogen) atoms. The van der Waals surface area contributed by atoms with Crippen molar-refractivity contribution in [2.75, 3.05) is 25.0 Å². The maximum atomic E-state index is 12.3. The Hall–Kier alpha value is -3.08. The number of piperidine rings is 1. The fourth-order valence-electron chi connectivity index (χ4n) is 2.81. The number of nitrogens with zero attached hydrogens (tertiary/aromatic N) is 5. The summed E-state index contributed by atoms with van der Waals surface area (Å²) in [4.78, 5) is 20.3. The standard InChI is InChI=1S/C17H20N6O2/c1-22(12-15-6-9-25-21-15)17(24)20-14-4-7-23(8-5-14)16-3-2-13(10-18)11-19-16/h2-3,6,9,11,14H,4-5,7-8,12H2,1H3,(H,20,24). The number of aromatic nitrogens is 2. The molecular weight excluding hydrogens is 320 g/mol. The first kappa shape index (κ1) is 16.8. The number of carbonyl (C=O) groups excluding carboxylic acids is 1. The van der Waals surface area contributed by atoms with Crippen molar-refractivity contribution in [1.82, 2.24) is 20.4 Å². The highest BCUT2D eigenvalue weighted by Gasteiger charge is 2.23. The molecule has 0 atom stereocenters. The second-order valence-corrected chi connectivity index (χ2v) is 6.07. The van der Waals surface area contributed by atoms with Gasteiger partial charge >= 0.3 is 6.03 Å². The van der Waals surface area contributed by atoms with Crippen molar-refractivity contribution in [3.63, 3.8) is 0 Å². The van der Waals surface area contributed by atoms with E-state index in [2.05, 4.69) is 26.4 Å². The van der Waals surface area contributed by atoms with E-state index in [9.17, 15) is 4.79 Å². The van der Waals surface area contributed by atoms with Crippen LogP contribution in [0.2, 0.25) is 0 Å². The van der Waals surface area contributed by atoms with Gasteiger partial charge in [0.05, 0.1) is 12.1 Å². The summed E-state index contributed by atoms with van der Waals surface area (Å²) in [6.07, 6.45) is 4.78. The molecule has 0 saturated carbocycles. The number of carbonyl (C=O) groups is 1. The predicted octanol–water partition coefficient (Wildman–Crippen LogP) is 1.75. The zero-order valence-corrected chi connectivity index (χ0v) is 14.1. The number of rotatable bonds is 4. The van der Waals surface area contributed by atoms with Crippen molar-refractivity contribution in [3.05, 3.63) is 41.9 Å². The van der Waals surface area contributed by atoms with Crippen LogP contribution in [0.25, 0.3) is 0 Å². The quantitative estimate of drug-likeness (QED) is 0.910. The lowest BCUT2D eigenvalue weighted by Gasteiger charge is -2.33. The molecule has 0 spiro atoms. The maximum absolute atomic E-state index is 12.3. The van der Waals surface area contributed by atoms with E-state index in [1.54, 1.807) is 30.3 Å². The van der Waals surface area contributed by atoms with Crippen LogP contribution in [-0.2, 0) is 6.54 Å². The monoisotopic (exact) mass is 340 g/mol. The Morgan fingerprint density at radius 3 is 2.84 bits per heavy atom. The molecule has 8 nitrogen and oxygen atoms in total. The number of urea groups is 1. The van der Waals surface area contributed by atoms with E-state index in [1.165, 1.54) is 6.26 Å². The Balaban J connectivity index is 1.47. The topological polar surface area (TPSA) is 98.3 Å². The largest absolute Gasteiger partial charge is 0.364 e. The van der Waals surface area contributed by atoms with Gasteiger partial charge in [0.15, 0.2) is 0 Å². The third-order valence-electron chi connectivity index (χ3n) is 4.26. The minimum Gasteiger partial charge on any atom is -0.364 e. The Morgan fingerprint density at radius 1 is 1.44 bits per heavy atom. The van der Waals surface area contributed by atoms with E-state index in [0.717, 1.165) is 37.4 Å². The lowest BCUT2D eigenvalue weighted by atomic mass is 10.1. The summed E-state index contributed by atoms with van der Waals surface area (Å²) in [6, 6.07) is 7.48. The van der Waals surface area contributed by atoms with E-state index < -0.39 is 0 Å². The number of anilines is 1. The maximum Gasteiger partial charge on any atom is 0.317 e. The van der Waals surface area contributed by atoms with Crippen molar-refractivity contribution in [3.8, 4) is 6.07 Å². The first-order valence-electron chi connectivity index (χ1n) is 8.17. The average molecular weight is 340 g/mol. The van der Waals surface area contributed by atoms with Crippen LogP contribution in [0.3, 0.4) is 0 Å². The van der Waals surface area contributed by atoms with Crippen LogP contribution in [-0.4, -0.2) is 47.3 Å². The van der Waals surface area contributed by atoms with Crippen molar-refractivity contribution in [1.29, 1.82) is 5.26 Å². The number of amides is 2. The Bertz CT molecular complexity index is 729. The van der Waals surface area contributed by atoms with Crippen LogP contribution in [0.5, 0.6) is 0 Å². The molecule has 1 aliphatic heterocycles. The smallest absolute Gasteiger partial charge is 0.317 e. The highest BCUT2D eigenvalue weighted by Crippen LogP contribution is 2.18. The summed E-state index contributed by atoms with van der Waals surface area (Å²) in [5.74, 6) is 0.868. The molecule has 130 valence electrons. The van der Waals surface area contributed by atoms with Gasteiger partial charge in [-0.05, 0) is 25.0 Å². The Kier molecular flexibility index (Phi) is 5.14. The van der Waals surface area contributed by atoms with E-state index in [0.29, 0.717) is 12.1 Å². The molecule has 3 rings (SSSR count). The third kappa shape index (κ3) is 4.26. The zero-order chi connectivity index (χ0) is 17.6. The molecule has 1 N–H and O–H groups in total. The molecule has 8 heteroatoms. The van der Waals surface area contributed by atoms with E-state index in [4.69, 9.17) is 9.78 Å². The third-order valence-corrected chi connectivity index (χ3v) is 4.26. The SMILES string of the molecule is CN(Cc1ccon1)C(=O)NC1CCN(c2ccc(C#N)cn2)CC1. The van der Waals surface area contributed by atoms with Gasteiger partial charge in [0.1, 0.15) is 23.8 Å². The van der Waals surface area contributed by atoms with Crippen molar-refractivity contribution in [2.45, 2.75) is 25.4 Å². The predicted molar refractivity (Wildman–Crippen MR) is 90.7 cm³/mol. The van der Waals surface area contributed by atoms with Gasteiger partial charge in [-0.25, -0.2) is 9.78 Å².